The van der Waals surface area contributed by atoms with E-state index in [9.17, 15) is 9.18 Å². The average molecular weight is 304 g/mol. The maximum absolute atomic E-state index is 13.6. The van der Waals surface area contributed by atoms with Crippen LogP contribution in [0, 0.1) is 5.82 Å². The Morgan fingerprint density at radius 1 is 1.53 bits per heavy atom. The first-order valence-electron chi connectivity index (χ1n) is 5.14. The van der Waals surface area contributed by atoms with Gasteiger partial charge in [0.2, 0.25) is 0 Å². The van der Waals surface area contributed by atoms with Crippen molar-refractivity contribution in [1.29, 1.82) is 0 Å². The van der Waals surface area contributed by atoms with Crippen LogP contribution in [0.15, 0.2) is 12.1 Å². The Labute approximate surface area is 117 Å². The fraction of sp³-hybridized carbons (Fsp3) is 0.167. The lowest BCUT2D eigenvalue weighted by atomic mass is 10.0. The summed E-state index contributed by atoms with van der Waals surface area (Å²) in [5.41, 5.74) is 0.323. The molecule has 0 bridgehead atoms. The second-order valence-electron chi connectivity index (χ2n) is 3.70. The summed E-state index contributed by atoms with van der Waals surface area (Å²) in [5, 5.41) is 9.31. The molecule has 1 aromatic carbocycles. The van der Waals surface area contributed by atoms with Gasteiger partial charge in [-0.25, -0.2) is 14.2 Å². The van der Waals surface area contributed by atoms with E-state index < -0.39 is 11.8 Å². The molecule has 1 N–H and O–H groups in total. The summed E-state index contributed by atoms with van der Waals surface area (Å²) in [6.45, 7) is 0. The average Bonchev–Trinajstić information content (AvgIpc) is 2.35. The van der Waals surface area contributed by atoms with Crippen LogP contribution in [0.2, 0.25) is 5.15 Å². The number of carboxylic acid groups (broad SMARTS) is 1. The highest BCUT2D eigenvalue weighted by atomic mass is 35.5. The molecule has 4 nitrogen and oxygen atoms in total. The lowest BCUT2D eigenvalue weighted by Gasteiger charge is -2.11. The number of alkyl halides is 1. The van der Waals surface area contributed by atoms with Crippen LogP contribution in [0.3, 0.4) is 0 Å². The number of aromatic nitrogens is 1. The molecular weight excluding hydrogens is 296 g/mol. The van der Waals surface area contributed by atoms with Crippen LogP contribution >= 0.6 is 23.2 Å². The van der Waals surface area contributed by atoms with Crippen molar-refractivity contribution in [2.45, 2.75) is 5.88 Å². The Kier molecular flexibility index (Phi) is 3.78. The zero-order valence-electron chi connectivity index (χ0n) is 9.71. The van der Waals surface area contributed by atoms with Gasteiger partial charge in [-0.05, 0) is 11.6 Å². The van der Waals surface area contributed by atoms with Gasteiger partial charge in [-0.15, -0.1) is 11.6 Å². The maximum atomic E-state index is 13.6. The lowest BCUT2D eigenvalue weighted by molar-refractivity contribution is 0.0696. The van der Waals surface area contributed by atoms with Gasteiger partial charge in [-0.2, -0.15) is 0 Å². The fourth-order valence-electron chi connectivity index (χ4n) is 1.81. The molecule has 2 rings (SSSR count). The highest BCUT2D eigenvalue weighted by Gasteiger charge is 2.20. The molecule has 7 heteroatoms. The Morgan fingerprint density at radius 3 is 2.74 bits per heavy atom. The molecule has 0 spiro atoms. The number of hydrogen-bond donors (Lipinski definition) is 1. The molecule has 1 heterocycles. The van der Waals surface area contributed by atoms with Crippen LogP contribution in [-0.4, -0.2) is 23.2 Å². The van der Waals surface area contributed by atoms with Crippen LogP contribution < -0.4 is 4.74 Å². The summed E-state index contributed by atoms with van der Waals surface area (Å²) in [5.74, 6) is -1.95. The predicted molar refractivity (Wildman–Crippen MR) is 69.8 cm³/mol. The minimum Gasteiger partial charge on any atom is -0.494 e. The van der Waals surface area contributed by atoms with Crippen LogP contribution in [0.25, 0.3) is 10.9 Å². The summed E-state index contributed by atoms with van der Waals surface area (Å²) in [4.78, 5) is 15.1. The van der Waals surface area contributed by atoms with Crippen molar-refractivity contribution < 1.29 is 19.0 Å². The van der Waals surface area contributed by atoms with Gasteiger partial charge in [0.25, 0.3) is 0 Å². The number of rotatable bonds is 3. The third kappa shape index (κ3) is 2.31. The Balaban J connectivity index is 2.91. The molecule has 0 radical (unpaired) electrons. The molecule has 19 heavy (non-hydrogen) atoms. The summed E-state index contributed by atoms with van der Waals surface area (Å²) in [7, 11) is 1.31. The first-order valence-corrected chi connectivity index (χ1v) is 6.05. The summed E-state index contributed by atoms with van der Waals surface area (Å²) < 4.78 is 18.4. The van der Waals surface area contributed by atoms with E-state index in [0.717, 1.165) is 6.07 Å². The first-order chi connectivity index (χ1) is 8.99. The van der Waals surface area contributed by atoms with Crippen LogP contribution in [0.1, 0.15) is 15.9 Å². The zero-order valence-corrected chi connectivity index (χ0v) is 11.2. The van der Waals surface area contributed by atoms with Gasteiger partial charge >= 0.3 is 5.97 Å². The molecule has 0 aliphatic heterocycles. The Bertz CT molecular complexity index is 676. The number of nitrogens with zero attached hydrogens (tertiary/aromatic N) is 1. The van der Waals surface area contributed by atoms with E-state index in [-0.39, 0.29) is 33.4 Å². The minimum absolute atomic E-state index is 0.0145. The number of pyridine rings is 1. The van der Waals surface area contributed by atoms with Gasteiger partial charge in [0.05, 0.1) is 12.6 Å². The molecule has 2 aromatic rings. The van der Waals surface area contributed by atoms with Gasteiger partial charge in [0.15, 0.2) is 11.6 Å². The molecule has 0 unspecified atom stereocenters. The normalized spacial score (nSPS) is 10.7. The molecule has 0 aliphatic carbocycles. The monoisotopic (exact) mass is 303 g/mol. The number of benzene rings is 1. The van der Waals surface area contributed by atoms with E-state index in [1.165, 1.54) is 13.2 Å². The quantitative estimate of drug-likeness (QED) is 0.696. The highest BCUT2D eigenvalue weighted by molar-refractivity contribution is 6.33. The molecule has 0 aliphatic rings. The largest absolute Gasteiger partial charge is 0.494 e. The van der Waals surface area contributed by atoms with E-state index in [0.29, 0.717) is 5.39 Å². The molecular formula is C12H8Cl2FNO3. The summed E-state index contributed by atoms with van der Waals surface area (Å²) >= 11 is 11.6. The van der Waals surface area contributed by atoms with Crippen molar-refractivity contribution in [1.82, 2.24) is 4.98 Å². The van der Waals surface area contributed by atoms with Crippen LogP contribution in [-0.2, 0) is 5.88 Å². The minimum atomic E-state index is -1.24. The second kappa shape index (κ2) is 5.19. The van der Waals surface area contributed by atoms with Crippen molar-refractivity contribution in [3.05, 3.63) is 34.2 Å². The van der Waals surface area contributed by atoms with E-state index in [2.05, 4.69) is 4.98 Å². The molecule has 100 valence electrons. The fourth-order valence-corrected chi connectivity index (χ4v) is 2.37. The van der Waals surface area contributed by atoms with Gasteiger partial charge in [0.1, 0.15) is 10.7 Å². The van der Waals surface area contributed by atoms with Crippen molar-refractivity contribution >= 4 is 40.1 Å². The molecule has 0 saturated carbocycles. The van der Waals surface area contributed by atoms with Gasteiger partial charge in [-0.1, -0.05) is 11.6 Å². The number of carbonyl (C=O) groups is 1. The smallest absolute Gasteiger partial charge is 0.339 e. The van der Waals surface area contributed by atoms with Crippen molar-refractivity contribution in [3.8, 4) is 5.75 Å². The van der Waals surface area contributed by atoms with Gasteiger partial charge in [-0.3, -0.25) is 0 Å². The molecule has 0 fully saturated rings. The number of methoxy groups -OCH3 is 1. The van der Waals surface area contributed by atoms with E-state index in [1.807, 2.05) is 0 Å². The van der Waals surface area contributed by atoms with Crippen LogP contribution in [0.4, 0.5) is 4.39 Å². The molecule has 0 amide bonds. The number of carboxylic acids is 1. The summed E-state index contributed by atoms with van der Waals surface area (Å²) in [6.07, 6.45) is 0. The van der Waals surface area contributed by atoms with Gasteiger partial charge in [0, 0.05) is 17.3 Å². The zero-order chi connectivity index (χ0) is 14.2. The van der Waals surface area contributed by atoms with E-state index >= 15 is 0 Å². The second-order valence-corrected chi connectivity index (χ2v) is 4.32. The van der Waals surface area contributed by atoms with Crippen LogP contribution in [0.5, 0.6) is 5.75 Å². The third-order valence-corrected chi connectivity index (χ3v) is 3.21. The molecule has 0 saturated heterocycles. The summed E-state index contributed by atoms with van der Waals surface area (Å²) in [6, 6.07) is 2.49. The van der Waals surface area contributed by atoms with E-state index in [4.69, 9.17) is 33.0 Å². The van der Waals surface area contributed by atoms with Crippen molar-refractivity contribution in [2.24, 2.45) is 0 Å². The van der Waals surface area contributed by atoms with Crippen molar-refractivity contribution in [3.63, 3.8) is 0 Å². The highest BCUT2D eigenvalue weighted by Crippen LogP contribution is 2.32. The number of fused-ring (bicyclic) bond motifs is 1. The Morgan fingerprint density at radius 2 is 2.21 bits per heavy atom. The Hall–Kier alpha value is -1.59. The van der Waals surface area contributed by atoms with E-state index in [1.54, 1.807) is 0 Å². The number of hydrogen-bond acceptors (Lipinski definition) is 3. The first kappa shape index (κ1) is 13.8. The maximum Gasteiger partial charge on any atom is 0.339 e. The lowest BCUT2D eigenvalue weighted by Crippen LogP contribution is -2.05. The number of aromatic carboxylic acids is 1. The predicted octanol–water partition coefficient (Wildman–Crippen LogP) is 3.47. The number of ether oxygens (including phenoxy) is 1. The third-order valence-electron chi connectivity index (χ3n) is 2.67. The standard InChI is InChI=1S/C12H8Cl2FNO3/c1-19-9-2-5-6(4-13)10(12(17)18)11(14)16-8(5)3-7(9)15/h2-3H,4H2,1H3,(H,17,18). The molecule has 1 aromatic heterocycles. The number of halogens is 3. The van der Waals surface area contributed by atoms with Crippen molar-refractivity contribution in [2.75, 3.05) is 7.11 Å². The topological polar surface area (TPSA) is 59.4 Å². The molecule has 0 atom stereocenters. The van der Waals surface area contributed by atoms with Gasteiger partial charge < -0.3 is 9.84 Å². The SMILES string of the molecule is COc1cc2c(CCl)c(C(=O)O)c(Cl)nc2cc1F.